The van der Waals surface area contributed by atoms with Crippen molar-refractivity contribution in [2.75, 3.05) is 53.0 Å². The fourth-order valence-corrected chi connectivity index (χ4v) is 6.99. The summed E-state index contributed by atoms with van der Waals surface area (Å²) in [5.74, 6) is 0.641. The van der Waals surface area contributed by atoms with Crippen molar-refractivity contribution in [1.82, 2.24) is 14.1 Å². The van der Waals surface area contributed by atoms with Gasteiger partial charge >= 0.3 is 0 Å². The lowest BCUT2D eigenvalue weighted by Gasteiger charge is -2.29. The molecule has 190 valence electrons. The number of rotatable bonds is 4. The zero-order chi connectivity index (χ0) is 25.0. The number of sulfonamides is 1. The number of hydrogen-bond donors (Lipinski definition) is 1. The number of benzene rings is 2. The van der Waals surface area contributed by atoms with Gasteiger partial charge in [-0.25, -0.2) is 8.42 Å². The quantitative estimate of drug-likeness (QED) is 0.618. The molecule has 0 bridgehead atoms. The van der Waals surface area contributed by atoms with Gasteiger partial charge in [0, 0.05) is 45.3 Å². The van der Waals surface area contributed by atoms with Crippen LogP contribution in [0.2, 0.25) is 0 Å². The molecule has 2 aromatic carbocycles. The summed E-state index contributed by atoms with van der Waals surface area (Å²) in [6.45, 7) is 3.64. The fraction of sp³-hybridized carbons (Fsp3) is 0.423. The van der Waals surface area contributed by atoms with Crippen LogP contribution in [0, 0.1) is 0 Å². The van der Waals surface area contributed by atoms with Crippen LogP contribution in [-0.2, 0) is 27.8 Å². The number of amides is 1. The molecule has 36 heavy (non-hydrogen) atoms. The van der Waals surface area contributed by atoms with Crippen LogP contribution in [0.25, 0.3) is 0 Å². The van der Waals surface area contributed by atoms with Crippen molar-refractivity contribution >= 4 is 15.9 Å². The highest BCUT2D eigenvalue weighted by Gasteiger charge is 2.39. The minimum absolute atomic E-state index is 0.163. The van der Waals surface area contributed by atoms with E-state index in [2.05, 4.69) is 11.9 Å². The van der Waals surface area contributed by atoms with E-state index >= 15 is 0 Å². The van der Waals surface area contributed by atoms with Crippen molar-refractivity contribution in [2.24, 2.45) is 0 Å². The summed E-state index contributed by atoms with van der Waals surface area (Å²) in [5, 5.41) is 11.0. The van der Waals surface area contributed by atoms with Crippen molar-refractivity contribution in [3.05, 3.63) is 64.2 Å². The molecule has 4 aliphatic heterocycles. The number of fused-ring (bicyclic) bond motifs is 2. The number of aliphatic hydroxyl groups is 1. The number of likely N-dealkylation sites (N-methyl/N-ethyl adjacent to an activating group) is 1. The van der Waals surface area contributed by atoms with Crippen LogP contribution in [0.5, 0.6) is 11.5 Å². The van der Waals surface area contributed by atoms with Crippen LogP contribution in [-0.4, -0.2) is 86.5 Å². The monoisotopic (exact) mass is 511 g/mol. The standard InChI is InChI=1S/C26H29N3O6S/c1-27-8-7-21-17(12-27)3-2-4-22(21)25(30)26(31)28-13-18-15-29(16-19(18)14-28)36(32,33)20-5-6-23-24(11-20)35-10-9-34-23/h2-6,11,25,30H,7-10,12-16H2,1H3/t25-/m0/s1. The average molecular weight is 512 g/mol. The second-order valence-corrected chi connectivity index (χ2v) is 11.8. The zero-order valence-corrected chi connectivity index (χ0v) is 21.0. The molecular weight excluding hydrogens is 482 g/mol. The topological polar surface area (TPSA) is 99.6 Å². The van der Waals surface area contributed by atoms with Gasteiger partial charge in [0.15, 0.2) is 17.6 Å². The summed E-state index contributed by atoms with van der Waals surface area (Å²) in [6.07, 6.45) is -0.422. The smallest absolute Gasteiger partial charge is 0.256 e. The van der Waals surface area contributed by atoms with Gasteiger partial charge in [-0.1, -0.05) is 18.2 Å². The molecule has 0 saturated carbocycles. The van der Waals surface area contributed by atoms with Crippen molar-refractivity contribution in [3.63, 3.8) is 0 Å². The summed E-state index contributed by atoms with van der Waals surface area (Å²) in [7, 11) is -1.67. The first-order valence-electron chi connectivity index (χ1n) is 12.2. The lowest BCUT2D eigenvalue weighted by molar-refractivity contribution is -0.139. The molecule has 1 N–H and O–H groups in total. The third kappa shape index (κ3) is 3.98. The lowest BCUT2D eigenvalue weighted by atomic mass is 9.91. The minimum Gasteiger partial charge on any atom is -0.486 e. The second kappa shape index (κ2) is 8.88. The van der Waals surface area contributed by atoms with Gasteiger partial charge in [-0.3, -0.25) is 4.79 Å². The largest absolute Gasteiger partial charge is 0.486 e. The van der Waals surface area contributed by atoms with Crippen molar-refractivity contribution in [3.8, 4) is 11.5 Å². The molecule has 4 heterocycles. The number of hydrogen-bond acceptors (Lipinski definition) is 7. The molecule has 9 nitrogen and oxygen atoms in total. The highest BCUT2D eigenvalue weighted by atomic mass is 32.2. The fourth-order valence-electron chi connectivity index (χ4n) is 5.55. The van der Waals surface area contributed by atoms with Gasteiger partial charge < -0.3 is 24.4 Å². The van der Waals surface area contributed by atoms with Crippen LogP contribution in [0.1, 0.15) is 22.8 Å². The van der Waals surface area contributed by atoms with Gasteiger partial charge in [-0.15, -0.1) is 0 Å². The predicted octanol–water partition coefficient (Wildman–Crippen LogP) is 1.32. The number of carbonyl (C=O) groups is 1. The second-order valence-electron chi connectivity index (χ2n) is 9.86. The summed E-state index contributed by atoms with van der Waals surface area (Å²) in [4.78, 5) is 17.3. The average Bonchev–Trinajstić information content (AvgIpc) is 3.47. The zero-order valence-electron chi connectivity index (χ0n) is 20.1. The minimum atomic E-state index is -3.73. The third-order valence-corrected chi connectivity index (χ3v) is 9.27. The Labute approximate surface area is 210 Å². The Hall–Kier alpha value is -2.92. The first-order chi connectivity index (χ1) is 17.3. The highest BCUT2D eigenvalue weighted by Crippen LogP contribution is 2.36. The Morgan fingerprint density at radius 3 is 2.44 bits per heavy atom. The Balaban J connectivity index is 1.13. The van der Waals surface area contributed by atoms with E-state index in [9.17, 15) is 18.3 Å². The van der Waals surface area contributed by atoms with E-state index in [0.717, 1.165) is 41.8 Å². The summed E-state index contributed by atoms with van der Waals surface area (Å²) in [6, 6.07) is 10.5. The molecule has 0 unspecified atom stereocenters. The van der Waals surface area contributed by atoms with Crippen molar-refractivity contribution < 1.29 is 27.8 Å². The SMILES string of the molecule is CN1CCc2c(cccc2[C@H](O)C(=O)N2CC3=C(C2)CN(S(=O)(=O)c2ccc4c(c2)OCCO4)C3)C1. The van der Waals surface area contributed by atoms with Crippen LogP contribution in [0.3, 0.4) is 0 Å². The van der Waals surface area contributed by atoms with E-state index in [4.69, 9.17) is 9.47 Å². The van der Waals surface area contributed by atoms with E-state index in [0.29, 0.717) is 43.4 Å². The third-order valence-electron chi connectivity index (χ3n) is 7.48. The molecule has 0 aromatic heterocycles. The number of nitrogens with zero attached hydrogens (tertiary/aromatic N) is 3. The maximum atomic E-state index is 13.3. The molecule has 1 amide bonds. The van der Waals surface area contributed by atoms with Gasteiger partial charge in [0.25, 0.3) is 5.91 Å². The first-order valence-corrected chi connectivity index (χ1v) is 13.6. The van der Waals surface area contributed by atoms with Crippen LogP contribution in [0.4, 0.5) is 0 Å². The van der Waals surface area contributed by atoms with Crippen LogP contribution in [0.15, 0.2) is 52.4 Å². The van der Waals surface area contributed by atoms with Gasteiger partial charge in [-0.05, 0) is 53.4 Å². The van der Waals surface area contributed by atoms with Gasteiger partial charge in [0.1, 0.15) is 13.2 Å². The maximum absolute atomic E-state index is 13.3. The molecule has 0 saturated heterocycles. The van der Waals surface area contributed by atoms with Crippen molar-refractivity contribution in [1.29, 1.82) is 0 Å². The Morgan fingerprint density at radius 2 is 1.69 bits per heavy atom. The molecule has 0 fully saturated rings. The molecule has 6 rings (SSSR count). The van der Waals surface area contributed by atoms with Gasteiger partial charge in [0.05, 0.1) is 4.90 Å². The lowest BCUT2D eigenvalue weighted by Crippen LogP contribution is -2.39. The van der Waals surface area contributed by atoms with Crippen LogP contribution < -0.4 is 9.47 Å². The molecule has 1 atom stereocenters. The molecule has 0 spiro atoms. The maximum Gasteiger partial charge on any atom is 0.256 e. The summed E-state index contributed by atoms with van der Waals surface area (Å²) < 4.78 is 39.1. The number of ether oxygens (including phenoxy) is 2. The molecule has 10 heteroatoms. The van der Waals surface area contributed by atoms with Gasteiger partial charge in [0.2, 0.25) is 10.0 Å². The molecule has 4 aliphatic rings. The Morgan fingerprint density at radius 1 is 0.972 bits per heavy atom. The number of carbonyl (C=O) groups excluding carboxylic acids is 1. The van der Waals surface area contributed by atoms with E-state index < -0.39 is 16.1 Å². The molecule has 0 aliphatic carbocycles. The van der Waals surface area contributed by atoms with Crippen molar-refractivity contribution in [2.45, 2.75) is 24.0 Å². The Kier molecular flexibility index (Phi) is 5.79. The summed E-state index contributed by atoms with van der Waals surface area (Å²) >= 11 is 0. The number of aliphatic hydroxyl groups excluding tert-OH is 1. The van der Waals surface area contributed by atoms with E-state index in [1.165, 1.54) is 16.4 Å². The molecule has 2 aromatic rings. The molecule has 0 radical (unpaired) electrons. The molecular formula is C26H29N3O6S. The van der Waals surface area contributed by atoms with Gasteiger partial charge in [-0.2, -0.15) is 4.31 Å². The predicted molar refractivity (Wildman–Crippen MR) is 131 cm³/mol. The highest BCUT2D eigenvalue weighted by molar-refractivity contribution is 7.89. The Bertz CT molecular complexity index is 1350. The first kappa shape index (κ1) is 23.5. The van der Waals surface area contributed by atoms with E-state index in [1.54, 1.807) is 11.0 Å². The van der Waals surface area contributed by atoms with Crippen LogP contribution >= 0.6 is 0 Å². The van der Waals surface area contributed by atoms with E-state index in [1.807, 2.05) is 18.2 Å². The summed E-state index contributed by atoms with van der Waals surface area (Å²) in [5.41, 5.74) is 4.74. The normalized spacial score (nSPS) is 20.9. The van der Waals surface area contributed by atoms with E-state index in [-0.39, 0.29) is 23.9 Å².